The Labute approximate surface area is 168 Å². The zero-order chi connectivity index (χ0) is 18.5. The van der Waals surface area contributed by atoms with Crippen molar-refractivity contribution in [3.63, 3.8) is 0 Å². The van der Waals surface area contributed by atoms with Gasteiger partial charge in [-0.05, 0) is 48.1 Å². The van der Waals surface area contributed by atoms with Gasteiger partial charge in [-0.2, -0.15) is 0 Å². The summed E-state index contributed by atoms with van der Waals surface area (Å²) < 4.78 is 6.31. The third-order valence-corrected chi connectivity index (χ3v) is 5.25. The summed E-state index contributed by atoms with van der Waals surface area (Å²) in [5.74, 6) is 0.445. The van der Waals surface area contributed by atoms with Gasteiger partial charge in [0.15, 0.2) is 0 Å². The number of benzene rings is 1. The van der Waals surface area contributed by atoms with E-state index in [4.69, 9.17) is 4.74 Å². The summed E-state index contributed by atoms with van der Waals surface area (Å²) in [6.45, 7) is 8.27. The summed E-state index contributed by atoms with van der Waals surface area (Å²) in [6, 6.07) is 12.4. The van der Waals surface area contributed by atoms with Crippen molar-refractivity contribution < 1.29 is 9.53 Å². The summed E-state index contributed by atoms with van der Waals surface area (Å²) in [7, 11) is 0. The quantitative estimate of drug-likeness (QED) is 0.499. The Morgan fingerprint density at radius 1 is 1.15 bits per heavy atom. The topological polar surface area (TPSA) is 45.7 Å². The predicted molar refractivity (Wildman–Crippen MR) is 111 cm³/mol. The van der Waals surface area contributed by atoms with Crippen molar-refractivity contribution in [3.8, 4) is 0 Å². The highest BCUT2D eigenvalue weighted by Gasteiger charge is 2.25. The molecule has 2 aromatic rings. The summed E-state index contributed by atoms with van der Waals surface area (Å²) in [4.78, 5) is 21.7. The van der Waals surface area contributed by atoms with Crippen LogP contribution in [0.1, 0.15) is 29.8 Å². The molecular formula is C20H24IN3O2. The first-order valence-corrected chi connectivity index (χ1v) is 9.99. The Morgan fingerprint density at radius 2 is 1.85 bits per heavy atom. The Hall–Kier alpha value is -1.67. The molecule has 0 bridgehead atoms. The van der Waals surface area contributed by atoms with Crippen molar-refractivity contribution in [1.29, 1.82) is 0 Å². The highest BCUT2D eigenvalue weighted by atomic mass is 127. The Balaban J connectivity index is 1.69. The van der Waals surface area contributed by atoms with Gasteiger partial charge in [0.1, 0.15) is 11.4 Å². The van der Waals surface area contributed by atoms with Crippen LogP contribution in [0.5, 0.6) is 0 Å². The number of carbonyl (C=O) groups is 1. The summed E-state index contributed by atoms with van der Waals surface area (Å²) in [6.07, 6.45) is 1.62. The second-order valence-electron chi connectivity index (χ2n) is 6.69. The molecule has 5 nitrogen and oxygen atoms in total. The molecule has 1 aliphatic rings. The fourth-order valence-corrected chi connectivity index (χ4v) is 3.71. The molecule has 0 aliphatic carbocycles. The maximum Gasteiger partial charge on any atom is 0.343 e. The van der Waals surface area contributed by atoms with Crippen LogP contribution in [0.2, 0.25) is 0 Å². The molecule has 0 unspecified atom stereocenters. The zero-order valence-corrected chi connectivity index (χ0v) is 17.3. The van der Waals surface area contributed by atoms with E-state index in [-0.39, 0.29) is 12.1 Å². The molecular weight excluding hydrogens is 441 g/mol. The molecule has 0 amide bonds. The number of nitrogens with zero attached hydrogens (tertiary/aromatic N) is 3. The first kappa shape index (κ1) is 19.1. The lowest BCUT2D eigenvalue weighted by Crippen LogP contribution is -2.46. The number of carbonyl (C=O) groups excluding carboxylic acids is 1. The van der Waals surface area contributed by atoms with Gasteiger partial charge in [0.25, 0.3) is 0 Å². The van der Waals surface area contributed by atoms with Crippen molar-refractivity contribution in [1.82, 2.24) is 9.88 Å². The highest BCUT2D eigenvalue weighted by Crippen LogP contribution is 2.25. The average molecular weight is 465 g/mol. The lowest BCUT2D eigenvalue weighted by Gasteiger charge is -2.36. The molecule has 3 rings (SSSR count). The van der Waals surface area contributed by atoms with Crippen molar-refractivity contribution in [2.75, 3.05) is 31.1 Å². The standard InChI is InChI=1S/C20H24IN3O2/c1-15(2)26-20(25)18-17(21)8-9-22-19(18)24-12-10-23(11-13-24)14-16-6-4-3-5-7-16/h3-9,15H,10-14H2,1-2H3. The predicted octanol–water partition coefficient (Wildman–Crippen LogP) is 3.57. The summed E-state index contributed by atoms with van der Waals surface area (Å²) in [5, 5.41) is 0. The van der Waals surface area contributed by atoms with Gasteiger partial charge in [-0.25, -0.2) is 9.78 Å². The van der Waals surface area contributed by atoms with Crippen LogP contribution in [0.15, 0.2) is 42.6 Å². The molecule has 1 aliphatic heterocycles. The summed E-state index contributed by atoms with van der Waals surface area (Å²) >= 11 is 2.19. The van der Waals surface area contributed by atoms with Crippen LogP contribution in [0.3, 0.4) is 0 Å². The van der Waals surface area contributed by atoms with Crippen LogP contribution < -0.4 is 4.90 Å². The van der Waals surface area contributed by atoms with E-state index in [2.05, 4.69) is 61.6 Å². The third kappa shape index (κ3) is 4.73. The van der Waals surface area contributed by atoms with Crippen molar-refractivity contribution in [2.24, 2.45) is 0 Å². The van der Waals surface area contributed by atoms with E-state index in [9.17, 15) is 4.79 Å². The molecule has 0 saturated carbocycles. The van der Waals surface area contributed by atoms with Crippen molar-refractivity contribution >= 4 is 34.4 Å². The first-order valence-electron chi connectivity index (χ1n) is 8.91. The molecule has 138 valence electrons. The second kappa shape index (κ2) is 8.81. The number of piperazine rings is 1. The molecule has 2 heterocycles. The fourth-order valence-electron chi connectivity index (χ4n) is 3.09. The second-order valence-corrected chi connectivity index (χ2v) is 7.86. The van der Waals surface area contributed by atoms with Crippen LogP contribution in [0, 0.1) is 3.57 Å². The number of esters is 1. The molecule has 0 spiro atoms. The van der Waals surface area contributed by atoms with E-state index in [0.29, 0.717) is 5.56 Å². The Bertz CT molecular complexity index is 744. The van der Waals surface area contributed by atoms with Crippen LogP contribution in [0.4, 0.5) is 5.82 Å². The van der Waals surface area contributed by atoms with Gasteiger partial charge in [0, 0.05) is 42.5 Å². The molecule has 0 radical (unpaired) electrons. The number of halogens is 1. The smallest absolute Gasteiger partial charge is 0.343 e. The van der Waals surface area contributed by atoms with Gasteiger partial charge < -0.3 is 9.64 Å². The zero-order valence-electron chi connectivity index (χ0n) is 15.2. The van der Waals surface area contributed by atoms with E-state index in [0.717, 1.165) is 42.1 Å². The van der Waals surface area contributed by atoms with Crippen LogP contribution in [-0.2, 0) is 11.3 Å². The number of hydrogen-bond acceptors (Lipinski definition) is 5. The largest absolute Gasteiger partial charge is 0.459 e. The number of pyridine rings is 1. The third-order valence-electron chi connectivity index (χ3n) is 4.35. The van der Waals surface area contributed by atoms with E-state index in [1.165, 1.54) is 5.56 Å². The maximum atomic E-state index is 12.5. The SMILES string of the molecule is CC(C)OC(=O)c1c(I)ccnc1N1CCN(Cc2ccccc2)CC1. The molecule has 1 aromatic carbocycles. The average Bonchev–Trinajstić information content (AvgIpc) is 2.62. The van der Waals surface area contributed by atoms with E-state index >= 15 is 0 Å². The lowest BCUT2D eigenvalue weighted by molar-refractivity contribution is 0.0377. The Morgan fingerprint density at radius 3 is 2.50 bits per heavy atom. The number of ether oxygens (including phenoxy) is 1. The van der Waals surface area contributed by atoms with Gasteiger partial charge >= 0.3 is 5.97 Å². The van der Waals surface area contributed by atoms with Crippen molar-refractivity contribution in [2.45, 2.75) is 26.5 Å². The first-order chi connectivity index (χ1) is 12.5. The highest BCUT2D eigenvalue weighted by molar-refractivity contribution is 14.1. The van der Waals surface area contributed by atoms with Gasteiger partial charge in [0.05, 0.1) is 6.10 Å². The number of hydrogen-bond donors (Lipinski definition) is 0. The van der Waals surface area contributed by atoms with Crippen LogP contribution in [0.25, 0.3) is 0 Å². The molecule has 26 heavy (non-hydrogen) atoms. The monoisotopic (exact) mass is 465 g/mol. The summed E-state index contributed by atoms with van der Waals surface area (Å²) in [5.41, 5.74) is 1.91. The molecule has 1 aromatic heterocycles. The molecule has 1 fully saturated rings. The van der Waals surface area contributed by atoms with E-state index in [1.54, 1.807) is 6.20 Å². The Kier molecular flexibility index (Phi) is 6.48. The lowest BCUT2D eigenvalue weighted by atomic mass is 10.2. The number of aromatic nitrogens is 1. The maximum absolute atomic E-state index is 12.5. The fraction of sp³-hybridized carbons (Fsp3) is 0.400. The minimum atomic E-state index is -0.292. The van der Waals surface area contributed by atoms with Gasteiger partial charge in [-0.1, -0.05) is 30.3 Å². The van der Waals surface area contributed by atoms with Crippen LogP contribution >= 0.6 is 22.6 Å². The van der Waals surface area contributed by atoms with Crippen LogP contribution in [-0.4, -0.2) is 48.1 Å². The molecule has 0 N–H and O–H groups in total. The number of rotatable bonds is 5. The molecule has 1 saturated heterocycles. The normalized spacial score (nSPS) is 15.3. The van der Waals surface area contributed by atoms with E-state index < -0.39 is 0 Å². The number of anilines is 1. The molecule has 6 heteroatoms. The van der Waals surface area contributed by atoms with E-state index in [1.807, 2.05) is 26.0 Å². The molecule has 0 atom stereocenters. The van der Waals surface area contributed by atoms with Gasteiger partial charge in [-0.3, -0.25) is 4.90 Å². The van der Waals surface area contributed by atoms with Crippen molar-refractivity contribution in [3.05, 3.63) is 57.3 Å². The van der Waals surface area contributed by atoms with Gasteiger partial charge in [0.2, 0.25) is 0 Å². The van der Waals surface area contributed by atoms with Gasteiger partial charge in [-0.15, -0.1) is 0 Å². The minimum Gasteiger partial charge on any atom is -0.459 e. The minimum absolute atomic E-state index is 0.144.